The zero-order valence-electron chi connectivity index (χ0n) is 11.1. The summed E-state index contributed by atoms with van der Waals surface area (Å²) < 4.78 is 5.76. The SMILES string of the molecule is C=CCNCc1ccc(-c2ccc([C@@H](C)O)cc2)o1. The average Bonchev–Trinajstić information content (AvgIpc) is 2.88. The molecule has 0 spiro atoms. The maximum atomic E-state index is 9.47. The maximum absolute atomic E-state index is 9.47. The van der Waals surface area contributed by atoms with Crippen molar-refractivity contribution in [2.45, 2.75) is 19.6 Å². The first kappa shape index (κ1) is 13.6. The first-order chi connectivity index (χ1) is 9.20. The molecule has 2 rings (SSSR count). The van der Waals surface area contributed by atoms with Gasteiger partial charge < -0.3 is 14.8 Å². The molecule has 2 N–H and O–H groups in total. The van der Waals surface area contributed by atoms with Crippen LogP contribution in [-0.2, 0) is 6.54 Å². The van der Waals surface area contributed by atoms with Crippen molar-refractivity contribution in [3.8, 4) is 11.3 Å². The van der Waals surface area contributed by atoms with Crippen LogP contribution in [0.15, 0.2) is 53.5 Å². The van der Waals surface area contributed by atoms with Crippen molar-refractivity contribution in [2.24, 2.45) is 0 Å². The van der Waals surface area contributed by atoms with Crippen LogP contribution in [-0.4, -0.2) is 11.7 Å². The number of hydrogen-bond acceptors (Lipinski definition) is 3. The molecule has 0 unspecified atom stereocenters. The van der Waals surface area contributed by atoms with E-state index in [1.54, 1.807) is 6.92 Å². The topological polar surface area (TPSA) is 45.4 Å². The lowest BCUT2D eigenvalue weighted by atomic mass is 10.1. The molecule has 19 heavy (non-hydrogen) atoms. The van der Waals surface area contributed by atoms with E-state index < -0.39 is 6.10 Å². The summed E-state index contributed by atoms with van der Waals surface area (Å²) >= 11 is 0. The minimum atomic E-state index is -0.440. The monoisotopic (exact) mass is 257 g/mol. The minimum absolute atomic E-state index is 0.440. The quantitative estimate of drug-likeness (QED) is 0.616. The summed E-state index contributed by atoms with van der Waals surface area (Å²) in [5, 5.41) is 12.7. The van der Waals surface area contributed by atoms with Crippen LogP contribution in [0.3, 0.4) is 0 Å². The van der Waals surface area contributed by atoms with E-state index in [-0.39, 0.29) is 0 Å². The zero-order valence-corrected chi connectivity index (χ0v) is 11.1. The van der Waals surface area contributed by atoms with Gasteiger partial charge in [0.1, 0.15) is 11.5 Å². The Hall–Kier alpha value is -1.84. The Morgan fingerprint density at radius 2 is 2.00 bits per heavy atom. The lowest BCUT2D eigenvalue weighted by Gasteiger charge is -2.05. The molecule has 0 aliphatic heterocycles. The molecule has 3 nitrogen and oxygen atoms in total. The average molecular weight is 257 g/mol. The third-order valence-corrected chi connectivity index (χ3v) is 2.93. The third-order valence-electron chi connectivity index (χ3n) is 2.93. The Balaban J connectivity index is 2.07. The number of aliphatic hydroxyl groups excluding tert-OH is 1. The van der Waals surface area contributed by atoms with Crippen LogP contribution in [0.25, 0.3) is 11.3 Å². The van der Waals surface area contributed by atoms with Crippen molar-refractivity contribution in [1.29, 1.82) is 0 Å². The summed E-state index contributed by atoms with van der Waals surface area (Å²) in [6, 6.07) is 11.7. The van der Waals surface area contributed by atoms with E-state index in [9.17, 15) is 5.11 Å². The van der Waals surface area contributed by atoms with E-state index in [0.717, 1.165) is 29.2 Å². The molecule has 1 heterocycles. The lowest BCUT2D eigenvalue weighted by molar-refractivity contribution is 0.199. The van der Waals surface area contributed by atoms with Crippen LogP contribution >= 0.6 is 0 Å². The van der Waals surface area contributed by atoms with Gasteiger partial charge in [-0.1, -0.05) is 30.3 Å². The van der Waals surface area contributed by atoms with Crippen molar-refractivity contribution in [3.05, 3.63) is 60.4 Å². The van der Waals surface area contributed by atoms with Gasteiger partial charge in [0.15, 0.2) is 0 Å². The summed E-state index contributed by atoms with van der Waals surface area (Å²) in [6.07, 6.45) is 1.38. The molecule has 0 radical (unpaired) electrons. The number of rotatable bonds is 6. The van der Waals surface area contributed by atoms with Gasteiger partial charge in [0.25, 0.3) is 0 Å². The van der Waals surface area contributed by atoms with Crippen molar-refractivity contribution >= 4 is 0 Å². The Kier molecular flexibility index (Phi) is 4.55. The summed E-state index contributed by atoms with van der Waals surface area (Å²) in [5.74, 6) is 1.74. The fourth-order valence-corrected chi connectivity index (χ4v) is 1.85. The minimum Gasteiger partial charge on any atom is -0.460 e. The second-order valence-corrected chi connectivity index (χ2v) is 4.48. The van der Waals surface area contributed by atoms with Gasteiger partial charge in [-0.3, -0.25) is 0 Å². The molecule has 0 saturated carbocycles. The van der Waals surface area contributed by atoms with Gasteiger partial charge in [0.2, 0.25) is 0 Å². The molecule has 1 atom stereocenters. The van der Waals surface area contributed by atoms with E-state index in [4.69, 9.17) is 4.42 Å². The molecule has 0 aliphatic carbocycles. The van der Waals surface area contributed by atoms with Crippen LogP contribution in [0.5, 0.6) is 0 Å². The summed E-state index contributed by atoms with van der Waals surface area (Å²) in [4.78, 5) is 0. The first-order valence-corrected chi connectivity index (χ1v) is 6.39. The predicted octanol–water partition coefficient (Wildman–Crippen LogP) is 3.28. The number of aliphatic hydroxyl groups is 1. The Morgan fingerprint density at radius 1 is 1.26 bits per heavy atom. The maximum Gasteiger partial charge on any atom is 0.134 e. The van der Waals surface area contributed by atoms with E-state index in [2.05, 4.69) is 11.9 Å². The van der Waals surface area contributed by atoms with Gasteiger partial charge in [-0.05, 0) is 24.6 Å². The zero-order chi connectivity index (χ0) is 13.7. The number of nitrogens with one attached hydrogen (secondary N) is 1. The molecule has 0 saturated heterocycles. The van der Waals surface area contributed by atoms with Crippen LogP contribution < -0.4 is 5.32 Å². The molecular formula is C16H19NO2. The molecule has 1 aromatic heterocycles. The molecule has 1 aromatic carbocycles. The van der Waals surface area contributed by atoms with Crippen molar-refractivity contribution in [3.63, 3.8) is 0 Å². The molecule has 3 heteroatoms. The molecule has 100 valence electrons. The highest BCUT2D eigenvalue weighted by molar-refractivity contribution is 5.58. The van der Waals surface area contributed by atoms with Gasteiger partial charge in [-0.15, -0.1) is 6.58 Å². The smallest absolute Gasteiger partial charge is 0.134 e. The van der Waals surface area contributed by atoms with Crippen molar-refractivity contribution in [1.82, 2.24) is 5.32 Å². The van der Waals surface area contributed by atoms with Crippen LogP contribution in [0, 0.1) is 0 Å². The highest BCUT2D eigenvalue weighted by Crippen LogP contribution is 2.24. The molecular weight excluding hydrogens is 238 g/mol. The Labute approximate surface area is 113 Å². The van der Waals surface area contributed by atoms with E-state index in [1.807, 2.05) is 42.5 Å². The van der Waals surface area contributed by atoms with Gasteiger partial charge in [-0.25, -0.2) is 0 Å². The summed E-state index contributed by atoms with van der Waals surface area (Å²) in [7, 11) is 0. The third kappa shape index (κ3) is 3.56. The number of furan rings is 1. The normalized spacial score (nSPS) is 12.3. The highest BCUT2D eigenvalue weighted by Gasteiger charge is 2.06. The van der Waals surface area contributed by atoms with Crippen molar-refractivity contribution in [2.75, 3.05) is 6.54 Å². The lowest BCUT2D eigenvalue weighted by Crippen LogP contribution is -2.11. The van der Waals surface area contributed by atoms with Gasteiger partial charge in [0.05, 0.1) is 12.6 Å². The van der Waals surface area contributed by atoms with Crippen LogP contribution in [0.4, 0.5) is 0 Å². The fourth-order valence-electron chi connectivity index (χ4n) is 1.85. The largest absolute Gasteiger partial charge is 0.460 e. The highest BCUT2D eigenvalue weighted by atomic mass is 16.3. The van der Waals surface area contributed by atoms with Crippen LogP contribution in [0.1, 0.15) is 24.4 Å². The Bertz CT molecular complexity index is 526. The number of hydrogen-bond donors (Lipinski definition) is 2. The van der Waals surface area contributed by atoms with Gasteiger partial charge >= 0.3 is 0 Å². The molecule has 0 bridgehead atoms. The van der Waals surface area contributed by atoms with E-state index in [0.29, 0.717) is 6.54 Å². The molecule has 2 aromatic rings. The fraction of sp³-hybridized carbons (Fsp3) is 0.250. The second-order valence-electron chi connectivity index (χ2n) is 4.48. The summed E-state index contributed by atoms with van der Waals surface area (Å²) in [5.41, 5.74) is 1.92. The van der Waals surface area contributed by atoms with Crippen molar-refractivity contribution < 1.29 is 9.52 Å². The molecule has 0 fully saturated rings. The van der Waals surface area contributed by atoms with Gasteiger partial charge in [0, 0.05) is 12.1 Å². The van der Waals surface area contributed by atoms with Crippen LogP contribution in [0.2, 0.25) is 0 Å². The molecule has 0 amide bonds. The second kappa shape index (κ2) is 6.36. The van der Waals surface area contributed by atoms with Gasteiger partial charge in [-0.2, -0.15) is 0 Å². The first-order valence-electron chi connectivity index (χ1n) is 6.39. The Morgan fingerprint density at radius 3 is 2.63 bits per heavy atom. The number of benzene rings is 1. The standard InChI is InChI=1S/C16H19NO2/c1-3-10-17-11-15-8-9-16(19-15)14-6-4-13(5-7-14)12(2)18/h3-9,12,17-18H,1,10-11H2,2H3/t12-/m1/s1. The van der Waals surface area contributed by atoms with E-state index >= 15 is 0 Å². The molecule has 0 aliphatic rings. The predicted molar refractivity (Wildman–Crippen MR) is 76.7 cm³/mol. The summed E-state index contributed by atoms with van der Waals surface area (Å²) in [6.45, 7) is 6.86. The van der Waals surface area contributed by atoms with E-state index in [1.165, 1.54) is 0 Å².